The zero-order valence-electron chi connectivity index (χ0n) is 19.5. The third kappa shape index (κ3) is 6.21. The van der Waals surface area contributed by atoms with Crippen molar-refractivity contribution in [2.75, 3.05) is 6.61 Å². The predicted molar refractivity (Wildman–Crippen MR) is 123 cm³/mol. The van der Waals surface area contributed by atoms with E-state index in [-0.39, 0.29) is 35.3 Å². The summed E-state index contributed by atoms with van der Waals surface area (Å²) in [6.07, 6.45) is -0.568. The van der Waals surface area contributed by atoms with Crippen molar-refractivity contribution < 1.29 is 33.3 Å². The molecule has 2 atom stereocenters. The molecule has 1 amide bonds. The molecule has 0 unspecified atom stereocenters. The van der Waals surface area contributed by atoms with Crippen molar-refractivity contribution in [3.8, 4) is 11.6 Å². The number of ether oxygens (including phenoxy) is 1. The number of carboxylic acid groups (broad SMARTS) is 1. The summed E-state index contributed by atoms with van der Waals surface area (Å²) in [5.74, 6) is -3.52. The largest absolute Gasteiger partial charge is 0.481 e. The molecule has 3 rings (SSSR count). The van der Waals surface area contributed by atoms with E-state index in [4.69, 9.17) is 4.74 Å². The van der Waals surface area contributed by atoms with Gasteiger partial charge in [0.05, 0.1) is 18.1 Å². The van der Waals surface area contributed by atoms with Crippen LogP contribution in [-0.4, -0.2) is 44.1 Å². The highest BCUT2D eigenvalue weighted by molar-refractivity contribution is 5.93. The molecule has 0 aliphatic heterocycles. The summed E-state index contributed by atoms with van der Waals surface area (Å²) in [7, 11) is 0. The molecule has 0 aliphatic carbocycles. The number of hydrogen-bond acceptors (Lipinski definition) is 5. The van der Waals surface area contributed by atoms with Gasteiger partial charge in [0.2, 0.25) is 5.88 Å². The van der Waals surface area contributed by atoms with Gasteiger partial charge in [0.1, 0.15) is 23.9 Å². The Kier molecular flexibility index (Phi) is 7.85. The van der Waals surface area contributed by atoms with E-state index in [1.807, 2.05) is 13.8 Å². The Labute approximate surface area is 201 Å². The van der Waals surface area contributed by atoms with Gasteiger partial charge in [-0.15, -0.1) is 0 Å². The minimum absolute atomic E-state index is 0.00115. The molecule has 0 spiro atoms. The van der Waals surface area contributed by atoms with Crippen molar-refractivity contribution in [1.82, 2.24) is 15.1 Å². The first-order valence-corrected chi connectivity index (χ1v) is 11.0. The van der Waals surface area contributed by atoms with E-state index in [0.29, 0.717) is 0 Å². The van der Waals surface area contributed by atoms with Crippen LogP contribution in [0.4, 0.5) is 8.78 Å². The van der Waals surface area contributed by atoms with Crippen LogP contribution in [0.3, 0.4) is 0 Å². The maximum absolute atomic E-state index is 14.5. The van der Waals surface area contributed by atoms with Crippen LogP contribution in [0.2, 0.25) is 0 Å². The second-order valence-electron chi connectivity index (χ2n) is 8.68. The number of rotatable bonds is 10. The minimum Gasteiger partial charge on any atom is -0.481 e. The molecule has 0 saturated carbocycles. The SMILES string of the molecule is CC(C)[C@@](C)(O)COc1cc(C(=O)N[C@@H](CC(=O)O)c2ccccc2F)nn1-c1ccccc1F. The number of para-hydroxylation sites is 1. The fourth-order valence-electron chi connectivity index (χ4n) is 3.16. The minimum atomic E-state index is -1.24. The Morgan fingerprint density at radius 1 is 1.11 bits per heavy atom. The van der Waals surface area contributed by atoms with E-state index in [1.165, 1.54) is 42.5 Å². The van der Waals surface area contributed by atoms with Gasteiger partial charge in [-0.2, -0.15) is 9.78 Å². The lowest BCUT2D eigenvalue weighted by Crippen LogP contribution is -2.38. The van der Waals surface area contributed by atoms with E-state index in [9.17, 15) is 28.6 Å². The average Bonchev–Trinajstić information content (AvgIpc) is 3.22. The normalized spacial score (nSPS) is 13.8. The van der Waals surface area contributed by atoms with Crippen molar-refractivity contribution in [3.63, 3.8) is 0 Å². The lowest BCUT2D eigenvalue weighted by molar-refractivity contribution is -0.137. The summed E-state index contributed by atoms with van der Waals surface area (Å²) >= 11 is 0. The number of nitrogens with zero attached hydrogens (tertiary/aromatic N) is 2. The summed E-state index contributed by atoms with van der Waals surface area (Å²) in [6, 6.07) is 11.3. The number of benzene rings is 2. The Morgan fingerprint density at radius 3 is 2.34 bits per heavy atom. The molecule has 0 radical (unpaired) electrons. The molecular weight excluding hydrogens is 460 g/mol. The van der Waals surface area contributed by atoms with Gasteiger partial charge in [-0.3, -0.25) is 9.59 Å². The van der Waals surface area contributed by atoms with Crippen LogP contribution < -0.4 is 10.1 Å². The molecule has 8 nitrogen and oxygen atoms in total. The van der Waals surface area contributed by atoms with Crippen LogP contribution in [-0.2, 0) is 4.79 Å². The van der Waals surface area contributed by atoms with Crippen LogP contribution in [0, 0.1) is 17.6 Å². The highest BCUT2D eigenvalue weighted by Crippen LogP contribution is 2.26. The summed E-state index contributed by atoms with van der Waals surface area (Å²) in [5, 5.41) is 26.4. The van der Waals surface area contributed by atoms with Crippen molar-refractivity contribution in [1.29, 1.82) is 0 Å². The molecule has 3 aromatic rings. The Bertz CT molecular complexity index is 1210. The first-order valence-electron chi connectivity index (χ1n) is 11.0. The second kappa shape index (κ2) is 10.6. The van der Waals surface area contributed by atoms with Gasteiger partial charge in [0, 0.05) is 11.6 Å². The van der Waals surface area contributed by atoms with Gasteiger partial charge in [-0.1, -0.05) is 44.2 Å². The first kappa shape index (κ1) is 25.8. The van der Waals surface area contributed by atoms with E-state index in [2.05, 4.69) is 10.4 Å². The molecule has 0 aliphatic rings. The maximum Gasteiger partial charge on any atom is 0.305 e. The number of aliphatic carboxylic acids is 1. The number of aliphatic hydroxyl groups is 1. The Hall–Kier alpha value is -3.79. The third-order valence-electron chi connectivity index (χ3n) is 5.71. The van der Waals surface area contributed by atoms with E-state index in [1.54, 1.807) is 13.0 Å². The topological polar surface area (TPSA) is 114 Å². The molecule has 3 N–H and O–H groups in total. The van der Waals surface area contributed by atoms with Crippen molar-refractivity contribution in [2.24, 2.45) is 5.92 Å². The predicted octanol–water partition coefficient (Wildman–Crippen LogP) is 3.88. The van der Waals surface area contributed by atoms with Crippen LogP contribution in [0.25, 0.3) is 5.69 Å². The zero-order valence-corrected chi connectivity index (χ0v) is 19.5. The van der Waals surface area contributed by atoms with E-state index >= 15 is 0 Å². The lowest BCUT2D eigenvalue weighted by Gasteiger charge is -2.27. The molecule has 35 heavy (non-hydrogen) atoms. The smallest absolute Gasteiger partial charge is 0.305 e. The molecule has 0 saturated heterocycles. The second-order valence-corrected chi connectivity index (χ2v) is 8.68. The molecular formula is C25H27F2N3O5. The van der Waals surface area contributed by atoms with Crippen LogP contribution >= 0.6 is 0 Å². The number of amides is 1. The monoisotopic (exact) mass is 487 g/mol. The van der Waals surface area contributed by atoms with Gasteiger partial charge in [-0.25, -0.2) is 8.78 Å². The standard InChI is InChI=1S/C25H27F2N3O5/c1-15(2)25(3,34)14-35-22-12-20(29-30(22)21-11-7-6-10-18(21)27)24(33)28-19(13-23(31)32)16-8-4-5-9-17(16)26/h4-12,15,19,34H,13-14H2,1-3H3,(H,28,33)(H,31,32)/t19-,25-/m0/s1. The van der Waals surface area contributed by atoms with Crippen molar-refractivity contribution in [3.05, 3.63) is 77.5 Å². The fraction of sp³-hybridized carbons (Fsp3) is 0.320. The Morgan fingerprint density at radius 2 is 1.74 bits per heavy atom. The summed E-state index contributed by atoms with van der Waals surface area (Å²) in [6.45, 7) is 5.03. The van der Waals surface area contributed by atoms with Crippen molar-refractivity contribution in [2.45, 2.75) is 38.8 Å². The number of carboxylic acids is 1. The number of aromatic nitrogens is 2. The number of carbonyl (C=O) groups is 2. The highest BCUT2D eigenvalue weighted by atomic mass is 19.1. The number of hydrogen-bond donors (Lipinski definition) is 3. The highest BCUT2D eigenvalue weighted by Gasteiger charge is 2.28. The molecule has 186 valence electrons. The quantitative estimate of drug-likeness (QED) is 0.400. The molecule has 2 aromatic carbocycles. The van der Waals surface area contributed by atoms with E-state index in [0.717, 1.165) is 10.7 Å². The fourth-order valence-corrected chi connectivity index (χ4v) is 3.16. The van der Waals surface area contributed by atoms with Crippen molar-refractivity contribution >= 4 is 11.9 Å². The van der Waals surface area contributed by atoms with Gasteiger partial charge in [-0.05, 0) is 31.0 Å². The van der Waals surface area contributed by atoms with Crippen LogP contribution in [0.15, 0.2) is 54.6 Å². The molecule has 1 heterocycles. The van der Waals surface area contributed by atoms with Gasteiger partial charge < -0.3 is 20.3 Å². The molecule has 0 bridgehead atoms. The summed E-state index contributed by atoms with van der Waals surface area (Å²) in [5.41, 5.74) is -1.42. The number of nitrogens with one attached hydrogen (secondary N) is 1. The first-order chi connectivity index (χ1) is 16.5. The van der Waals surface area contributed by atoms with E-state index < -0.39 is 41.6 Å². The van der Waals surface area contributed by atoms with Gasteiger partial charge >= 0.3 is 5.97 Å². The Balaban J connectivity index is 1.96. The maximum atomic E-state index is 14.5. The number of halogens is 2. The molecule has 0 fully saturated rings. The van der Waals surface area contributed by atoms with Gasteiger partial charge in [0.25, 0.3) is 5.91 Å². The summed E-state index contributed by atoms with van der Waals surface area (Å²) < 4.78 is 35.6. The summed E-state index contributed by atoms with van der Waals surface area (Å²) in [4.78, 5) is 24.4. The molecule has 1 aromatic heterocycles. The average molecular weight is 488 g/mol. The van der Waals surface area contributed by atoms with Crippen LogP contribution in [0.1, 0.15) is 49.3 Å². The zero-order chi connectivity index (χ0) is 25.8. The molecule has 10 heteroatoms. The van der Waals surface area contributed by atoms with Crippen LogP contribution in [0.5, 0.6) is 5.88 Å². The number of carbonyl (C=O) groups excluding carboxylic acids is 1. The third-order valence-corrected chi connectivity index (χ3v) is 5.71. The van der Waals surface area contributed by atoms with Gasteiger partial charge in [0.15, 0.2) is 5.69 Å². The lowest BCUT2D eigenvalue weighted by atomic mass is 9.94.